The lowest BCUT2D eigenvalue weighted by Gasteiger charge is -2.26. The number of fused-ring (bicyclic) bond motifs is 1. The summed E-state index contributed by atoms with van der Waals surface area (Å²) in [6.45, 7) is 2.19. The van der Waals surface area contributed by atoms with Crippen molar-refractivity contribution in [3.63, 3.8) is 0 Å². The third-order valence-corrected chi connectivity index (χ3v) is 4.79. The minimum absolute atomic E-state index is 0.122. The Kier molecular flexibility index (Phi) is 3.47. The fourth-order valence-corrected chi connectivity index (χ4v) is 3.31. The Morgan fingerprint density at radius 1 is 1.19 bits per heavy atom. The number of hydrogen-bond acceptors (Lipinski definition) is 3. The molecule has 0 amide bonds. The van der Waals surface area contributed by atoms with Gasteiger partial charge in [0.2, 0.25) is 10.0 Å². The molecule has 3 rings (SSSR count). The van der Waals surface area contributed by atoms with Crippen LogP contribution in [0.2, 0.25) is 0 Å². The number of ether oxygens (including phenoxy) is 1. The van der Waals surface area contributed by atoms with Gasteiger partial charge in [0.15, 0.2) is 0 Å². The second kappa shape index (κ2) is 5.60. The molecule has 4 nitrogen and oxygen atoms in total. The first-order valence-corrected chi connectivity index (χ1v) is 8.22. The Bertz CT molecular complexity index is 789. The Morgan fingerprint density at radius 3 is 2.67 bits per heavy atom. The molecular weight excluding hydrogens is 286 g/mol. The average Bonchev–Trinajstić information content (AvgIpc) is 2.47. The first-order chi connectivity index (χ1) is 10.4. The number of aryl methyl sites for hydroxylation is 1. The minimum atomic E-state index is -3.84. The molecule has 2 aromatic carbocycles. The fourth-order valence-electron chi connectivity index (χ4n) is 2.28. The molecule has 0 spiro atoms. The van der Waals surface area contributed by atoms with E-state index in [2.05, 4.69) is 4.72 Å². The van der Waals surface area contributed by atoms with Crippen LogP contribution in [-0.2, 0) is 21.2 Å². The van der Waals surface area contributed by atoms with Crippen LogP contribution >= 0.6 is 0 Å². The molecule has 0 aromatic heterocycles. The van der Waals surface area contributed by atoms with Crippen LogP contribution in [0.3, 0.4) is 0 Å². The summed E-state index contributed by atoms with van der Waals surface area (Å²) in [6, 6.07) is 13.8. The van der Waals surface area contributed by atoms with Gasteiger partial charge in [-0.2, -0.15) is 4.72 Å². The second-order valence-corrected chi connectivity index (χ2v) is 6.69. The Labute approximate surface area is 126 Å². The molecule has 110 valence electrons. The zero-order chi connectivity index (χ0) is 15.8. The van der Waals surface area contributed by atoms with Gasteiger partial charge in [-0.3, -0.25) is 0 Å². The van der Waals surface area contributed by atoms with Gasteiger partial charge in [0, 0.05) is 0 Å². The molecule has 0 saturated heterocycles. The van der Waals surface area contributed by atoms with Gasteiger partial charge in [0.25, 0.3) is 0 Å². The van der Waals surface area contributed by atoms with Crippen LogP contribution < -0.4 is 4.72 Å². The molecule has 5 heteroatoms. The second-order valence-electron chi connectivity index (χ2n) is 5.00. The first-order valence-electron chi connectivity index (χ1n) is 7.24. The van der Waals surface area contributed by atoms with Gasteiger partial charge < -0.3 is 4.74 Å². The SMILES string of the molecule is [2H]C1(NS(=O)(=O)c2ccc(C)cc2)OCCc2ccccc21. The molecule has 0 bridgehead atoms. The summed E-state index contributed by atoms with van der Waals surface area (Å²) in [4.78, 5) is 0.122. The molecule has 1 unspecified atom stereocenters. The van der Waals surface area contributed by atoms with E-state index < -0.39 is 16.2 Å². The van der Waals surface area contributed by atoms with Crippen LogP contribution in [0.25, 0.3) is 0 Å². The Balaban J connectivity index is 1.97. The van der Waals surface area contributed by atoms with E-state index in [9.17, 15) is 8.42 Å². The van der Waals surface area contributed by atoms with E-state index in [4.69, 9.17) is 6.11 Å². The summed E-state index contributed by atoms with van der Waals surface area (Å²) < 4.78 is 41.3. The molecular formula is C16H17NO3S. The Morgan fingerprint density at radius 2 is 1.90 bits per heavy atom. The highest BCUT2D eigenvalue weighted by Crippen LogP contribution is 2.26. The molecule has 1 N–H and O–H groups in total. The van der Waals surface area contributed by atoms with Crippen molar-refractivity contribution in [2.75, 3.05) is 6.61 Å². The summed E-state index contributed by atoms with van der Waals surface area (Å²) in [6.07, 6.45) is -1.12. The van der Waals surface area contributed by atoms with E-state index in [1.54, 1.807) is 24.3 Å². The van der Waals surface area contributed by atoms with Gasteiger partial charge in [-0.15, -0.1) is 0 Å². The molecule has 1 aliphatic rings. The van der Waals surface area contributed by atoms with E-state index >= 15 is 0 Å². The smallest absolute Gasteiger partial charge is 0.242 e. The number of benzene rings is 2. The van der Waals surface area contributed by atoms with Crippen molar-refractivity contribution in [3.05, 3.63) is 65.2 Å². The lowest BCUT2D eigenvalue weighted by atomic mass is 10.0. The summed E-state index contributed by atoms with van der Waals surface area (Å²) in [5, 5.41) is 0. The van der Waals surface area contributed by atoms with Gasteiger partial charge >= 0.3 is 0 Å². The van der Waals surface area contributed by atoms with Gasteiger partial charge in [-0.25, -0.2) is 8.42 Å². The molecule has 1 aliphatic heterocycles. The van der Waals surface area contributed by atoms with Crippen LogP contribution in [0.15, 0.2) is 53.4 Å². The number of hydrogen-bond donors (Lipinski definition) is 1. The van der Waals surface area contributed by atoms with Gasteiger partial charge in [0.05, 0.1) is 12.9 Å². The molecule has 0 aliphatic carbocycles. The molecule has 1 heterocycles. The quantitative estimate of drug-likeness (QED) is 0.948. The van der Waals surface area contributed by atoms with E-state index in [1.807, 2.05) is 19.1 Å². The number of sulfonamides is 1. The first kappa shape index (κ1) is 13.0. The van der Waals surface area contributed by atoms with E-state index in [1.165, 1.54) is 12.1 Å². The predicted octanol–water partition coefficient (Wildman–Crippen LogP) is 2.54. The Hall–Kier alpha value is -1.69. The molecule has 0 radical (unpaired) electrons. The van der Waals surface area contributed by atoms with Gasteiger partial charge in [-0.1, -0.05) is 42.0 Å². The monoisotopic (exact) mass is 304 g/mol. The van der Waals surface area contributed by atoms with E-state index in [0.29, 0.717) is 18.6 Å². The molecule has 0 fully saturated rings. The third-order valence-electron chi connectivity index (χ3n) is 3.44. The normalized spacial score (nSPS) is 22.4. The van der Waals surface area contributed by atoms with Crippen molar-refractivity contribution in [2.24, 2.45) is 0 Å². The number of rotatable bonds is 3. The van der Waals surface area contributed by atoms with Crippen LogP contribution in [0.4, 0.5) is 0 Å². The van der Waals surface area contributed by atoms with Crippen LogP contribution in [0.1, 0.15) is 24.3 Å². The maximum absolute atomic E-state index is 12.5. The summed E-state index contributed by atoms with van der Waals surface area (Å²) in [7, 11) is -3.84. The average molecular weight is 304 g/mol. The highest BCUT2D eigenvalue weighted by molar-refractivity contribution is 7.89. The van der Waals surface area contributed by atoms with E-state index in [-0.39, 0.29) is 4.90 Å². The molecule has 1 atom stereocenters. The largest absolute Gasteiger partial charge is 0.358 e. The molecule has 0 saturated carbocycles. The summed E-state index contributed by atoms with van der Waals surface area (Å²) >= 11 is 0. The van der Waals surface area contributed by atoms with Gasteiger partial charge in [0.1, 0.15) is 6.20 Å². The maximum Gasteiger partial charge on any atom is 0.242 e. The van der Waals surface area contributed by atoms with Crippen molar-refractivity contribution in [2.45, 2.75) is 24.4 Å². The zero-order valence-corrected chi connectivity index (χ0v) is 12.5. The van der Waals surface area contributed by atoms with Crippen LogP contribution in [0.5, 0.6) is 0 Å². The van der Waals surface area contributed by atoms with Crippen molar-refractivity contribution in [1.29, 1.82) is 0 Å². The highest BCUT2D eigenvalue weighted by atomic mass is 32.2. The zero-order valence-electron chi connectivity index (χ0n) is 12.7. The number of nitrogens with one attached hydrogen (secondary N) is 1. The standard InChI is InChI=1S/C16H17NO3S/c1-12-6-8-14(9-7-12)21(18,19)17-16-15-5-3-2-4-13(15)10-11-20-16/h2-9,16-17H,10-11H2,1H3/i16D. The fraction of sp³-hybridized carbons (Fsp3) is 0.250. The van der Waals surface area contributed by atoms with Gasteiger partial charge in [-0.05, 0) is 36.6 Å². The maximum atomic E-state index is 12.5. The van der Waals surface area contributed by atoms with Crippen molar-refractivity contribution in [3.8, 4) is 0 Å². The predicted molar refractivity (Wildman–Crippen MR) is 80.3 cm³/mol. The third kappa shape index (κ3) is 3.00. The molecule has 21 heavy (non-hydrogen) atoms. The molecule has 2 aromatic rings. The summed E-state index contributed by atoms with van der Waals surface area (Å²) in [5.74, 6) is 0. The van der Waals surface area contributed by atoms with E-state index in [0.717, 1.165) is 11.1 Å². The van der Waals surface area contributed by atoms with Crippen molar-refractivity contribution < 1.29 is 14.5 Å². The lowest BCUT2D eigenvalue weighted by Crippen LogP contribution is -2.33. The minimum Gasteiger partial charge on any atom is -0.358 e. The van der Waals surface area contributed by atoms with Crippen molar-refractivity contribution in [1.82, 2.24) is 4.72 Å². The topological polar surface area (TPSA) is 55.4 Å². The van der Waals surface area contributed by atoms with Crippen molar-refractivity contribution >= 4 is 10.0 Å². The summed E-state index contributed by atoms with van der Waals surface area (Å²) in [5.41, 5.74) is 2.44. The lowest BCUT2D eigenvalue weighted by molar-refractivity contribution is 0.0348. The highest BCUT2D eigenvalue weighted by Gasteiger charge is 2.26. The van der Waals surface area contributed by atoms with Crippen LogP contribution in [0, 0.1) is 6.92 Å². The van der Waals surface area contributed by atoms with Crippen LogP contribution in [-0.4, -0.2) is 15.0 Å².